The molecule has 0 unspecified atom stereocenters. The largest absolute Gasteiger partial charge is 0.457 e. The van der Waals surface area contributed by atoms with E-state index in [2.05, 4.69) is 29.6 Å². The van der Waals surface area contributed by atoms with Gasteiger partial charge in [0, 0.05) is 23.7 Å². The van der Waals surface area contributed by atoms with Crippen molar-refractivity contribution in [3.05, 3.63) is 106 Å². The van der Waals surface area contributed by atoms with E-state index in [0.29, 0.717) is 11.8 Å². The van der Waals surface area contributed by atoms with Crippen LogP contribution in [0.5, 0.6) is 11.5 Å². The Morgan fingerprint density at radius 3 is 2.52 bits per heavy atom. The van der Waals surface area contributed by atoms with E-state index in [9.17, 15) is 10.1 Å². The van der Waals surface area contributed by atoms with Crippen LogP contribution < -0.4 is 10.1 Å². The van der Waals surface area contributed by atoms with Crippen LogP contribution in [-0.4, -0.2) is 4.92 Å². The zero-order valence-corrected chi connectivity index (χ0v) is 15.7. The van der Waals surface area contributed by atoms with Crippen molar-refractivity contribution in [2.75, 3.05) is 5.32 Å². The van der Waals surface area contributed by atoms with Gasteiger partial charge in [-0.1, -0.05) is 42.5 Å². The van der Waals surface area contributed by atoms with Crippen LogP contribution in [0.3, 0.4) is 0 Å². The van der Waals surface area contributed by atoms with Crippen LogP contribution in [0.1, 0.15) is 29.5 Å². The third kappa shape index (κ3) is 3.25. The molecule has 0 saturated carbocycles. The van der Waals surface area contributed by atoms with Crippen LogP contribution >= 0.6 is 0 Å². The maximum absolute atomic E-state index is 11.0. The van der Waals surface area contributed by atoms with E-state index in [1.165, 1.54) is 5.56 Å². The summed E-state index contributed by atoms with van der Waals surface area (Å²) in [5.41, 5.74) is 3.51. The lowest BCUT2D eigenvalue weighted by atomic mass is 9.77. The molecular formula is C24H20N2O3. The lowest BCUT2D eigenvalue weighted by molar-refractivity contribution is -0.384. The van der Waals surface area contributed by atoms with Gasteiger partial charge in [-0.25, -0.2) is 0 Å². The van der Waals surface area contributed by atoms with Crippen LogP contribution in [0.25, 0.3) is 0 Å². The summed E-state index contributed by atoms with van der Waals surface area (Å²) in [6.45, 7) is 0. The molecule has 1 aliphatic carbocycles. The molecule has 0 saturated heterocycles. The van der Waals surface area contributed by atoms with E-state index in [1.807, 2.05) is 48.5 Å². The molecule has 1 heterocycles. The second kappa shape index (κ2) is 7.09. The number of hydrogen-bond acceptors (Lipinski definition) is 4. The second-order valence-corrected chi connectivity index (χ2v) is 7.49. The number of benzene rings is 3. The van der Waals surface area contributed by atoms with Crippen molar-refractivity contribution >= 4 is 11.4 Å². The van der Waals surface area contributed by atoms with E-state index in [-0.39, 0.29) is 16.7 Å². The van der Waals surface area contributed by atoms with Gasteiger partial charge in [0.15, 0.2) is 0 Å². The molecule has 0 bridgehead atoms. The number of para-hydroxylation sites is 1. The van der Waals surface area contributed by atoms with Gasteiger partial charge in [-0.3, -0.25) is 10.1 Å². The van der Waals surface area contributed by atoms with Gasteiger partial charge in [0.25, 0.3) is 5.69 Å². The van der Waals surface area contributed by atoms with Gasteiger partial charge in [-0.15, -0.1) is 0 Å². The highest BCUT2D eigenvalue weighted by Gasteiger charge is 2.38. The summed E-state index contributed by atoms with van der Waals surface area (Å²) in [6.07, 6.45) is 5.48. The van der Waals surface area contributed by atoms with Crippen LogP contribution in [0.4, 0.5) is 11.4 Å². The molecule has 144 valence electrons. The first kappa shape index (κ1) is 17.5. The van der Waals surface area contributed by atoms with E-state index in [0.717, 1.165) is 29.2 Å². The molecule has 1 N–H and O–H groups in total. The molecular weight excluding hydrogens is 364 g/mol. The number of allylic oxidation sites excluding steroid dienone is 2. The van der Waals surface area contributed by atoms with Crippen molar-refractivity contribution in [1.29, 1.82) is 0 Å². The van der Waals surface area contributed by atoms with E-state index < -0.39 is 0 Å². The minimum absolute atomic E-state index is 0.115. The monoisotopic (exact) mass is 384 g/mol. The topological polar surface area (TPSA) is 64.4 Å². The SMILES string of the molecule is O=[N+]([O-])c1ccc([C@@H]2Nc3ccc(Oc4ccccc4)cc3[C@@H]3C=CC[C@@H]32)cc1. The van der Waals surface area contributed by atoms with Gasteiger partial charge in [0.05, 0.1) is 11.0 Å². The zero-order valence-electron chi connectivity index (χ0n) is 15.7. The average Bonchev–Trinajstić information content (AvgIpc) is 3.24. The first-order chi connectivity index (χ1) is 14.2. The fraction of sp³-hybridized carbons (Fsp3) is 0.167. The summed E-state index contributed by atoms with van der Waals surface area (Å²) >= 11 is 0. The predicted molar refractivity (Wildman–Crippen MR) is 112 cm³/mol. The smallest absolute Gasteiger partial charge is 0.269 e. The highest BCUT2D eigenvalue weighted by atomic mass is 16.6. The molecule has 0 radical (unpaired) electrons. The number of hydrogen-bond donors (Lipinski definition) is 1. The molecule has 0 amide bonds. The summed E-state index contributed by atoms with van der Waals surface area (Å²) in [5, 5.41) is 14.6. The summed E-state index contributed by atoms with van der Waals surface area (Å²) in [5.74, 6) is 2.31. The Bertz CT molecular complexity index is 1080. The van der Waals surface area contributed by atoms with Gasteiger partial charge in [0.2, 0.25) is 0 Å². The summed E-state index contributed by atoms with van der Waals surface area (Å²) in [6, 6.07) is 22.9. The Labute approximate surface area is 168 Å². The molecule has 3 aromatic rings. The van der Waals surface area contributed by atoms with Gasteiger partial charge >= 0.3 is 0 Å². The van der Waals surface area contributed by atoms with Crippen molar-refractivity contribution < 1.29 is 9.66 Å². The Morgan fingerprint density at radius 2 is 1.76 bits per heavy atom. The predicted octanol–water partition coefficient (Wildman–Crippen LogP) is 6.21. The molecule has 5 heteroatoms. The standard InChI is InChI=1S/C24H20N2O3/c27-26(28)17-11-9-16(10-12-17)24-21-8-4-7-20(21)22-15-19(13-14-23(22)25-24)29-18-5-2-1-3-6-18/h1-7,9-15,20-21,24-25H,8H2/t20-,21+,24+/m1/s1. The fourth-order valence-corrected chi connectivity index (χ4v) is 4.39. The molecule has 5 nitrogen and oxygen atoms in total. The molecule has 1 aliphatic heterocycles. The fourth-order valence-electron chi connectivity index (χ4n) is 4.39. The lowest BCUT2D eigenvalue weighted by Gasteiger charge is -2.37. The molecule has 0 aromatic heterocycles. The molecule has 3 aromatic carbocycles. The number of rotatable bonds is 4. The first-order valence-electron chi connectivity index (χ1n) is 9.73. The van der Waals surface area contributed by atoms with E-state index in [1.54, 1.807) is 12.1 Å². The average molecular weight is 384 g/mol. The number of nitrogens with one attached hydrogen (secondary N) is 1. The minimum atomic E-state index is -0.360. The maximum Gasteiger partial charge on any atom is 0.269 e. The van der Waals surface area contributed by atoms with Crippen LogP contribution in [-0.2, 0) is 0 Å². The quantitative estimate of drug-likeness (QED) is 0.330. The number of nitro benzene ring substituents is 1. The van der Waals surface area contributed by atoms with Crippen molar-refractivity contribution in [3.8, 4) is 11.5 Å². The zero-order chi connectivity index (χ0) is 19.8. The second-order valence-electron chi connectivity index (χ2n) is 7.49. The van der Waals surface area contributed by atoms with Crippen LogP contribution in [0.2, 0.25) is 0 Å². The highest BCUT2D eigenvalue weighted by molar-refractivity contribution is 5.62. The molecule has 5 rings (SSSR count). The molecule has 3 atom stereocenters. The first-order valence-corrected chi connectivity index (χ1v) is 9.73. The van der Waals surface area contributed by atoms with Gasteiger partial charge in [0.1, 0.15) is 11.5 Å². The Kier molecular flexibility index (Phi) is 4.28. The Balaban J connectivity index is 1.46. The molecule has 2 aliphatic rings. The van der Waals surface area contributed by atoms with Crippen molar-refractivity contribution in [2.45, 2.75) is 18.4 Å². The molecule has 0 fully saturated rings. The highest BCUT2D eigenvalue weighted by Crippen LogP contribution is 2.50. The molecule has 29 heavy (non-hydrogen) atoms. The lowest BCUT2D eigenvalue weighted by Crippen LogP contribution is -2.29. The third-order valence-electron chi connectivity index (χ3n) is 5.78. The third-order valence-corrected chi connectivity index (χ3v) is 5.78. The number of ether oxygens (including phenoxy) is 1. The maximum atomic E-state index is 11.0. The summed E-state index contributed by atoms with van der Waals surface area (Å²) in [4.78, 5) is 10.6. The van der Waals surface area contributed by atoms with Gasteiger partial charge in [-0.2, -0.15) is 0 Å². The Hall–Kier alpha value is -3.60. The van der Waals surface area contributed by atoms with Gasteiger partial charge < -0.3 is 10.1 Å². The number of nitrogens with zero attached hydrogens (tertiary/aromatic N) is 1. The van der Waals surface area contributed by atoms with Crippen molar-refractivity contribution in [3.63, 3.8) is 0 Å². The van der Waals surface area contributed by atoms with Gasteiger partial charge in [-0.05, 0) is 53.8 Å². The van der Waals surface area contributed by atoms with Crippen LogP contribution in [0, 0.1) is 16.0 Å². The van der Waals surface area contributed by atoms with Crippen LogP contribution in [0.15, 0.2) is 84.9 Å². The normalized spacial score (nSPS) is 21.7. The number of nitro groups is 1. The summed E-state index contributed by atoms with van der Waals surface area (Å²) < 4.78 is 6.02. The van der Waals surface area contributed by atoms with E-state index in [4.69, 9.17) is 4.74 Å². The number of anilines is 1. The number of non-ortho nitro benzene ring substituents is 1. The summed E-state index contributed by atoms with van der Waals surface area (Å²) in [7, 11) is 0. The molecule has 0 spiro atoms. The Morgan fingerprint density at radius 1 is 0.966 bits per heavy atom. The van der Waals surface area contributed by atoms with Crippen molar-refractivity contribution in [1.82, 2.24) is 0 Å². The van der Waals surface area contributed by atoms with Crippen molar-refractivity contribution in [2.24, 2.45) is 5.92 Å². The minimum Gasteiger partial charge on any atom is -0.457 e. The number of fused-ring (bicyclic) bond motifs is 3. The van der Waals surface area contributed by atoms with E-state index >= 15 is 0 Å².